The van der Waals surface area contributed by atoms with Crippen LogP contribution in [0.5, 0.6) is 0 Å². The van der Waals surface area contributed by atoms with Crippen molar-refractivity contribution in [3.8, 4) is 0 Å². The van der Waals surface area contributed by atoms with Crippen LogP contribution in [0, 0.1) is 0 Å². The van der Waals surface area contributed by atoms with Crippen molar-refractivity contribution >= 4 is 5.78 Å². The Morgan fingerprint density at radius 2 is 2.33 bits per heavy atom. The van der Waals surface area contributed by atoms with Gasteiger partial charge in [0.15, 0.2) is 5.78 Å². The number of aryl methyl sites for hydroxylation is 1. The highest BCUT2D eigenvalue weighted by Crippen LogP contribution is 2.03. The molecule has 0 aliphatic carbocycles. The number of rotatable bonds is 6. The normalized spacial score (nSPS) is 10.9. The Bertz CT molecular complexity index is 317. The van der Waals surface area contributed by atoms with Gasteiger partial charge in [-0.2, -0.15) is 5.10 Å². The van der Waals surface area contributed by atoms with Crippen molar-refractivity contribution in [1.82, 2.24) is 15.1 Å². The molecule has 0 aromatic carbocycles. The van der Waals surface area contributed by atoms with E-state index in [0.29, 0.717) is 18.0 Å². The Hall–Kier alpha value is -1.16. The van der Waals surface area contributed by atoms with E-state index in [1.54, 1.807) is 17.1 Å². The van der Waals surface area contributed by atoms with Gasteiger partial charge in [0.05, 0.1) is 11.8 Å². The summed E-state index contributed by atoms with van der Waals surface area (Å²) in [7, 11) is 1.82. The molecule has 4 nitrogen and oxygen atoms in total. The van der Waals surface area contributed by atoms with Crippen molar-refractivity contribution < 1.29 is 4.79 Å². The van der Waals surface area contributed by atoms with Crippen molar-refractivity contribution in [1.29, 1.82) is 0 Å². The van der Waals surface area contributed by atoms with E-state index in [1.165, 1.54) is 0 Å². The van der Waals surface area contributed by atoms with E-state index in [-0.39, 0.29) is 5.78 Å². The van der Waals surface area contributed by atoms with Crippen LogP contribution in [0.3, 0.4) is 0 Å². The quantitative estimate of drug-likeness (QED) is 0.569. The van der Waals surface area contributed by atoms with Crippen LogP contribution in [-0.4, -0.2) is 28.2 Å². The minimum atomic E-state index is 0.175. The predicted molar refractivity (Wildman–Crippen MR) is 59.9 cm³/mol. The SMILES string of the molecule is CC(C)NCCCC(=O)c1cnn(C)c1. The van der Waals surface area contributed by atoms with Crippen molar-refractivity contribution in [2.45, 2.75) is 32.7 Å². The summed E-state index contributed by atoms with van der Waals surface area (Å²) in [6.07, 6.45) is 4.85. The smallest absolute Gasteiger partial charge is 0.166 e. The van der Waals surface area contributed by atoms with Crippen molar-refractivity contribution in [2.75, 3.05) is 6.54 Å². The molecule has 0 atom stereocenters. The molecule has 15 heavy (non-hydrogen) atoms. The predicted octanol–water partition coefficient (Wildman–Crippen LogP) is 1.38. The lowest BCUT2D eigenvalue weighted by molar-refractivity contribution is 0.0979. The van der Waals surface area contributed by atoms with E-state index in [9.17, 15) is 4.79 Å². The van der Waals surface area contributed by atoms with Gasteiger partial charge in [-0.1, -0.05) is 13.8 Å². The minimum absolute atomic E-state index is 0.175. The average molecular weight is 209 g/mol. The van der Waals surface area contributed by atoms with E-state index < -0.39 is 0 Å². The van der Waals surface area contributed by atoms with E-state index in [2.05, 4.69) is 24.3 Å². The van der Waals surface area contributed by atoms with E-state index in [0.717, 1.165) is 13.0 Å². The van der Waals surface area contributed by atoms with E-state index in [1.807, 2.05) is 7.05 Å². The monoisotopic (exact) mass is 209 g/mol. The molecule has 4 heteroatoms. The molecule has 0 saturated carbocycles. The fraction of sp³-hybridized carbons (Fsp3) is 0.636. The molecule has 84 valence electrons. The van der Waals surface area contributed by atoms with Gasteiger partial charge in [-0.05, 0) is 13.0 Å². The maximum atomic E-state index is 11.6. The van der Waals surface area contributed by atoms with Crippen LogP contribution in [0.1, 0.15) is 37.0 Å². The summed E-state index contributed by atoms with van der Waals surface area (Å²) in [6.45, 7) is 5.09. The molecular weight excluding hydrogens is 190 g/mol. The third-order valence-corrected chi connectivity index (χ3v) is 2.16. The number of nitrogens with one attached hydrogen (secondary N) is 1. The van der Waals surface area contributed by atoms with Crippen molar-refractivity contribution in [3.05, 3.63) is 18.0 Å². The third kappa shape index (κ3) is 4.25. The zero-order valence-electron chi connectivity index (χ0n) is 9.66. The lowest BCUT2D eigenvalue weighted by atomic mass is 10.1. The van der Waals surface area contributed by atoms with Gasteiger partial charge in [0, 0.05) is 25.7 Å². The second kappa shape index (κ2) is 5.66. The average Bonchev–Trinajstić information content (AvgIpc) is 2.59. The zero-order valence-corrected chi connectivity index (χ0v) is 9.66. The van der Waals surface area contributed by atoms with Gasteiger partial charge in [-0.15, -0.1) is 0 Å². The Kier molecular flexibility index (Phi) is 4.49. The largest absolute Gasteiger partial charge is 0.315 e. The van der Waals surface area contributed by atoms with Crippen LogP contribution >= 0.6 is 0 Å². The summed E-state index contributed by atoms with van der Waals surface area (Å²) in [5, 5.41) is 7.26. The highest BCUT2D eigenvalue weighted by molar-refractivity contribution is 5.95. The van der Waals surface area contributed by atoms with Crippen LogP contribution in [-0.2, 0) is 7.05 Å². The van der Waals surface area contributed by atoms with Crippen LogP contribution in [0.2, 0.25) is 0 Å². The van der Waals surface area contributed by atoms with Gasteiger partial charge in [-0.3, -0.25) is 9.48 Å². The van der Waals surface area contributed by atoms with Gasteiger partial charge >= 0.3 is 0 Å². The minimum Gasteiger partial charge on any atom is -0.315 e. The molecule has 0 aliphatic rings. The van der Waals surface area contributed by atoms with Gasteiger partial charge in [0.1, 0.15) is 0 Å². The topological polar surface area (TPSA) is 46.9 Å². The summed E-state index contributed by atoms with van der Waals surface area (Å²) in [5.41, 5.74) is 0.710. The molecule has 0 spiro atoms. The summed E-state index contributed by atoms with van der Waals surface area (Å²) < 4.78 is 1.65. The first kappa shape index (κ1) is 11.9. The molecule has 0 amide bonds. The highest BCUT2D eigenvalue weighted by Gasteiger charge is 2.07. The molecule has 1 aromatic heterocycles. The maximum Gasteiger partial charge on any atom is 0.166 e. The number of ketones is 1. The molecule has 1 aromatic rings. The van der Waals surface area contributed by atoms with Crippen LogP contribution in [0.15, 0.2) is 12.4 Å². The fourth-order valence-electron chi connectivity index (χ4n) is 1.35. The first-order chi connectivity index (χ1) is 7.09. The van der Waals surface area contributed by atoms with Gasteiger partial charge in [0.25, 0.3) is 0 Å². The van der Waals surface area contributed by atoms with E-state index >= 15 is 0 Å². The van der Waals surface area contributed by atoms with E-state index in [4.69, 9.17) is 0 Å². The molecule has 1 rings (SSSR count). The third-order valence-electron chi connectivity index (χ3n) is 2.16. The fourth-order valence-corrected chi connectivity index (χ4v) is 1.35. The number of nitrogens with zero attached hydrogens (tertiary/aromatic N) is 2. The first-order valence-electron chi connectivity index (χ1n) is 5.35. The van der Waals surface area contributed by atoms with Gasteiger partial charge in [0.2, 0.25) is 0 Å². The molecule has 0 fully saturated rings. The molecule has 0 aliphatic heterocycles. The zero-order chi connectivity index (χ0) is 11.3. The number of hydrogen-bond donors (Lipinski definition) is 1. The maximum absolute atomic E-state index is 11.6. The van der Waals surface area contributed by atoms with Crippen molar-refractivity contribution in [2.24, 2.45) is 7.05 Å². The molecule has 1 N–H and O–H groups in total. The summed E-state index contributed by atoms with van der Waals surface area (Å²) in [4.78, 5) is 11.6. The second-order valence-corrected chi connectivity index (χ2v) is 4.04. The molecule has 0 bridgehead atoms. The molecule has 1 heterocycles. The summed E-state index contributed by atoms with van der Waals surface area (Å²) >= 11 is 0. The Balaban J connectivity index is 2.25. The Morgan fingerprint density at radius 1 is 1.60 bits per heavy atom. The molecular formula is C11H19N3O. The first-order valence-corrected chi connectivity index (χ1v) is 5.35. The van der Waals surface area contributed by atoms with Crippen LogP contribution in [0.25, 0.3) is 0 Å². The van der Waals surface area contributed by atoms with Gasteiger partial charge < -0.3 is 5.32 Å². The summed E-state index contributed by atoms with van der Waals surface area (Å²) in [6, 6.07) is 0.485. The summed E-state index contributed by atoms with van der Waals surface area (Å²) in [5.74, 6) is 0.175. The van der Waals surface area contributed by atoms with Crippen LogP contribution in [0.4, 0.5) is 0 Å². The standard InChI is InChI=1S/C11H19N3O/c1-9(2)12-6-4-5-11(15)10-7-13-14(3)8-10/h7-9,12H,4-6H2,1-3H3. The number of carbonyl (C=O) groups excluding carboxylic acids is 1. The number of carbonyl (C=O) groups is 1. The molecule has 0 unspecified atom stereocenters. The number of Topliss-reactive ketones (excluding diaryl/α,β-unsaturated/α-hetero) is 1. The highest BCUT2D eigenvalue weighted by atomic mass is 16.1. The lowest BCUT2D eigenvalue weighted by Gasteiger charge is -2.06. The molecule has 0 radical (unpaired) electrons. The number of aromatic nitrogens is 2. The second-order valence-electron chi connectivity index (χ2n) is 4.04. The van der Waals surface area contributed by atoms with Crippen LogP contribution < -0.4 is 5.32 Å². The Morgan fingerprint density at radius 3 is 2.87 bits per heavy atom. The molecule has 0 saturated heterocycles. The Labute approximate surface area is 90.7 Å². The lowest BCUT2D eigenvalue weighted by Crippen LogP contribution is -2.24. The number of hydrogen-bond acceptors (Lipinski definition) is 3. The van der Waals surface area contributed by atoms with Gasteiger partial charge in [-0.25, -0.2) is 0 Å². The van der Waals surface area contributed by atoms with Crippen molar-refractivity contribution in [3.63, 3.8) is 0 Å².